The van der Waals surface area contributed by atoms with Crippen LogP contribution in [0.4, 0.5) is 5.82 Å². The van der Waals surface area contributed by atoms with E-state index in [-0.39, 0.29) is 0 Å². The second-order valence-electron chi connectivity index (χ2n) is 8.58. The predicted octanol–water partition coefficient (Wildman–Crippen LogP) is 6.17. The number of thiophene rings is 1. The molecule has 0 amide bonds. The molecule has 174 valence electrons. The zero-order valence-electron chi connectivity index (χ0n) is 19.4. The van der Waals surface area contributed by atoms with Crippen LogP contribution in [0, 0.1) is 6.92 Å². The molecule has 0 atom stereocenters. The lowest BCUT2D eigenvalue weighted by Crippen LogP contribution is -2.02. The fourth-order valence-electron chi connectivity index (χ4n) is 4.69. The van der Waals surface area contributed by atoms with Crippen molar-refractivity contribution in [1.29, 1.82) is 0 Å². The zero-order chi connectivity index (χ0) is 24.2. The van der Waals surface area contributed by atoms with Crippen molar-refractivity contribution in [3.63, 3.8) is 0 Å². The molecule has 0 saturated heterocycles. The van der Waals surface area contributed by atoms with Gasteiger partial charge in [-0.1, -0.05) is 65.9 Å². The van der Waals surface area contributed by atoms with Crippen molar-refractivity contribution in [2.24, 2.45) is 0 Å². The number of hydrogen-bond acceptors (Lipinski definition) is 5. The van der Waals surface area contributed by atoms with Gasteiger partial charge in [0.1, 0.15) is 21.2 Å². The molecular formula is C28H21N7S. The van der Waals surface area contributed by atoms with E-state index in [1.165, 1.54) is 0 Å². The Balaban J connectivity index is 1.54. The quantitative estimate of drug-likeness (QED) is 0.322. The first-order chi connectivity index (χ1) is 17.7. The molecule has 8 heteroatoms. The molecule has 0 bridgehead atoms. The van der Waals surface area contributed by atoms with E-state index in [2.05, 4.69) is 29.4 Å². The number of rotatable bonds is 4. The van der Waals surface area contributed by atoms with Crippen LogP contribution in [-0.2, 0) is 0 Å². The molecule has 0 unspecified atom stereocenters. The van der Waals surface area contributed by atoms with Crippen LogP contribution in [0.3, 0.4) is 0 Å². The Bertz CT molecular complexity index is 1840. The number of nitrogens with two attached hydrogens (primary N) is 1. The molecule has 0 aliphatic heterocycles. The van der Waals surface area contributed by atoms with Crippen molar-refractivity contribution in [3.8, 4) is 28.3 Å². The lowest BCUT2D eigenvalue weighted by Gasteiger charge is -2.04. The molecule has 36 heavy (non-hydrogen) atoms. The highest BCUT2D eigenvalue weighted by Crippen LogP contribution is 2.44. The van der Waals surface area contributed by atoms with Gasteiger partial charge in [-0.3, -0.25) is 0 Å². The summed E-state index contributed by atoms with van der Waals surface area (Å²) in [5.74, 6) is 0.549. The minimum Gasteiger partial charge on any atom is -0.383 e. The van der Waals surface area contributed by atoms with Crippen molar-refractivity contribution in [1.82, 2.24) is 29.3 Å². The zero-order valence-corrected chi connectivity index (χ0v) is 20.2. The average molecular weight is 488 g/mol. The number of para-hydroxylation sites is 3. The highest BCUT2D eigenvalue weighted by molar-refractivity contribution is 7.25. The summed E-state index contributed by atoms with van der Waals surface area (Å²) >= 11 is 1.68. The molecule has 7 aromatic rings. The monoisotopic (exact) mass is 487 g/mol. The van der Waals surface area contributed by atoms with Gasteiger partial charge < -0.3 is 5.73 Å². The van der Waals surface area contributed by atoms with Gasteiger partial charge in [-0.05, 0) is 43.3 Å². The van der Waals surface area contributed by atoms with Crippen LogP contribution >= 0.6 is 11.3 Å². The number of anilines is 1. The van der Waals surface area contributed by atoms with Gasteiger partial charge in [-0.25, -0.2) is 14.0 Å². The SMILES string of the molecule is Cc1nn(-c2ccccc2)c2sc3c(c(-c4cnn(-c5ccccc5)c4N)nn3-c3ccccc3)c12. The molecule has 0 radical (unpaired) electrons. The maximum Gasteiger partial charge on any atom is 0.136 e. The van der Waals surface area contributed by atoms with Crippen LogP contribution in [-0.4, -0.2) is 29.3 Å². The number of hydrogen-bond donors (Lipinski definition) is 1. The van der Waals surface area contributed by atoms with Gasteiger partial charge in [0.2, 0.25) is 0 Å². The van der Waals surface area contributed by atoms with E-state index >= 15 is 0 Å². The summed E-state index contributed by atoms with van der Waals surface area (Å²) in [6.07, 6.45) is 1.81. The molecule has 0 aliphatic carbocycles. The standard InChI is InChI=1S/C28H21N7S/c1-18-23-24-25(22-17-30-33(26(22)29)19-11-5-2-6-12-19)32-35(21-15-9-4-10-16-21)28(24)36-27(23)34(31-18)20-13-7-3-8-14-20/h2-17H,29H2,1H3. The van der Waals surface area contributed by atoms with Crippen molar-refractivity contribution >= 4 is 37.6 Å². The summed E-state index contributed by atoms with van der Waals surface area (Å²) in [5, 5.41) is 16.7. The Morgan fingerprint density at radius 1 is 0.639 bits per heavy atom. The van der Waals surface area contributed by atoms with Gasteiger partial charge in [-0.15, -0.1) is 0 Å². The summed E-state index contributed by atoms with van der Waals surface area (Å²) in [5.41, 5.74) is 12.2. The lowest BCUT2D eigenvalue weighted by molar-refractivity contribution is 0.891. The molecule has 0 saturated carbocycles. The topological polar surface area (TPSA) is 79.5 Å². The van der Waals surface area contributed by atoms with E-state index in [1.807, 2.05) is 83.0 Å². The maximum absolute atomic E-state index is 6.69. The Labute approximate surface area is 210 Å². The Morgan fingerprint density at radius 3 is 1.72 bits per heavy atom. The number of fused-ring (bicyclic) bond motifs is 3. The maximum atomic E-state index is 6.69. The van der Waals surface area contributed by atoms with Crippen LogP contribution < -0.4 is 5.73 Å². The number of nitrogens with zero attached hydrogens (tertiary/aromatic N) is 6. The lowest BCUT2D eigenvalue weighted by atomic mass is 10.1. The van der Waals surface area contributed by atoms with E-state index in [1.54, 1.807) is 22.2 Å². The molecule has 7 rings (SSSR count). The van der Waals surface area contributed by atoms with Crippen molar-refractivity contribution < 1.29 is 0 Å². The highest BCUT2D eigenvalue weighted by Gasteiger charge is 2.26. The van der Waals surface area contributed by atoms with E-state index in [0.717, 1.165) is 54.4 Å². The molecule has 0 fully saturated rings. The Kier molecular flexibility index (Phi) is 4.55. The average Bonchev–Trinajstić information content (AvgIpc) is 3.66. The fraction of sp³-hybridized carbons (Fsp3) is 0.0357. The minimum absolute atomic E-state index is 0.549. The normalized spacial score (nSPS) is 11.6. The van der Waals surface area contributed by atoms with Gasteiger partial charge in [0.05, 0.1) is 39.9 Å². The summed E-state index contributed by atoms with van der Waals surface area (Å²) < 4.78 is 5.78. The molecular weight excluding hydrogens is 466 g/mol. The van der Waals surface area contributed by atoms with E-state index in [4.69, 9.17) is 15.9 Å². The van der Waals surface area contributed by atoms with Gasteiger partial charge >= 0.3 is 0 Å². The summed E-state index contributed by atoms with van der Waals surface area (Å²) in [6, 6.07) is 30.3. The molecule has 2 N–H and O–H groups in total. The molecule has 0 spiro atoms. The number of benzene rings is 3. The summed E-state index contributed by atoms with van der Waals surface area (Å²) in [7, 11) is 0. The van der Waals surface area contributed by atoms with Crippen LogP contribution in [0.5, 0.6) is 0 Å². The number of nitrogen functional groups attached to an aromatic ring is 1. The number of aryl methyl sites for hydroxylation is 1. The van der Waals surface area contributed by atoms with Crippen LogP contribution in [0.2, 0.25) is 0 Å². The molecule has 4 heterocycles. The van der Waals surface area contributed by atoms with Crippen molar-refractivity contribution in [3.05, 3.63) is 103 Å². The minimum atomic E-state index is 0.549. The largest absolute Gasteiger partial charge is 0.383 e. The third kappa shape index (κ3) is 3.01. The number of aromatic nitrogens is 6. The fourth-order valence-corrected chi connectivity index (χ4v) is 6.00. The first kappa shape index (κ1) is 20.7. The third-order valence-electron chi connectivity index (χ3n) is 6.37. The Hall–Kier alpha value is -4.69. The second kappa shape index (κ2) is 7.93. The first-order valence-electron chi connectivity index (χ1n) is 11.6. The predicted molar refractivity (Wildman–Crippen MR) is 145 cm³/mol. The third-order valence-corrected chi connectivity index (χ3v) is 7.51. The second-order valence-corrected chi connectivity index (χ2v) is 9.56. The van der Waals surface area contributed by atoms with Gasteiger partial charge in [-0.2, -0.15) is 15.3 Å². The summed E-state index contributed by atoms with van der Waals surface area (Å²) in [4.78, 5) is 2.12. The molecule has 3 aromatic carbocycles. The van der Waals surface area contributed by atoms with Gasteiger partial charge in [0, 0.05) is 5.39 Å². The first-order valence-corrected chi connectivity index (χ1v) is 12.4. The van der Waals surface area contributed by atoms with Gasteiger partial charge in [0.15, 0.2) is 0 Å². The van der Waals surface area contributed by atoms with E-state index in [9.17, 15) is 0 Å². The van der Waals surface area contributed by atoms with E-state index < -0.39 is 0 Å². The Morgan fingerprint density at radius 2 is 1.14 bits per heavy atom. The van der Waals surface area contributed by atoms with Crippen LogP contribution in [0.1, 0.15) is 5.69 Å². The van der Waals surface area contributed by atoms with Crippen LogP contribution in [0.15, 0.2) is 97.2 Å². The molecule has 7 nitrogen and oxygen atoms in total. The van der Waals surface area contributed by atoms with Crippen molar-refractivity contribution in [2.75, 3.05) is 5.73 Å². The van der Waals surface area contributed by atoms with E-state index in [0.29, 0.717) is 5.82 Å². The smallest absolute Gasteiger partial charge is 0.136 e. The molecule has 4 aromatic heterocycles. The molecule has 0 aliphatic rings. The van der Waals surface area contributed by atoms with Gasteiger partial charge in [0.25, 0.3) is 0 Å². The summed E-state index contributed by atoms with van der Waals surface area (Å²) in [6.45, 7) is 2.05. The van der Waals surface area contributed by atoms with Crippen molar-refractivity contribution in [2.45, 2.75) is 6.92 Å². The highest BCUT2D eigenvalue weighted by atomic mass is 32.1. The van der Waals surface area contributed by atoms with Crippen LogP contribution in [0.25, 0.3) is 48.8 Å².